The standard InChI is InChI=1S/C21H24N4O5/c1-5-28-17(26)9-14-19-18(13(10-22)20(23)30-21(19)25-24-14)12-6-7-15(29-11(2)3)16(8-12)27-4/h6-8,11,18H,5,9,23H2,1-4H3,(H,24,25). The lowest BCUT2D eigenvalue weighted by atomic mass is 9.83. The second kappa shape index (κ2) is 8.78. The van der Waals surface area contributed by atoms with Crippen molar-refractivity contribution >= 4 is 5.97 Å². The molecule has 3 N–H and O–H groups in total. The largest absolute Gasteiger partial charge is 0.493 e. The van der Waals surface area contributed by atoms with Crippen molar-refractivity contribution in [1.82, 2.24) is 10.2 Å². The van der Waals surface area contributed by atoms with Gasteiger partial charge in [0.1, 0.15) is 11.6 Å². The van der Waals surface area contributed by atoms with Gasteiger partial charge in [0, 0.05) is 0 Å². The summed E-state index contributed by atoms with van der Waals surface area (Å²) in [4.78, 5) is 12.1. The van der Waals surface area contributed by atoms with Crippen molar-refractivity contribution in [2.45, 2.75) is 39.2 Å². The van der Waals surface area contributed by atoms with Gasteiger partial charge in [-0.3, -0.25) is 9.89 Å². The van der Waals surface area contributed by atoms with E-state index in [2.05, 4.69) is 16.3 Å². The molecule has 0 radical (unpaired) electrons. The molecule has 1 atom stereocenters. The number of nitriles is 1. The molecular weight excluding hydrogens is 388 g/mol. The number of fused-ring (bicyclic) bond motifs is 1. The number of carbonyl (C=O) groups excluding carboxylic acids is 1. The summed E-state index contributed by atoms with van der Waals surface area (Å²) in [6.07, 6.45) is -0.0740. The van der Waals surface area contributed by atoms with Gasteiger partial charge in [0.05, 0.1) is 43.4 Å². The molecule has 1 aliphatic heterocycles. The number of carbonyl (C=O) groups is 1. The van der Waals surface area contributed by atoms with Crippen molar-refractivity contribution in [3.05, 3.63) is 46.5 Å². The fourth-order valence-electron chi connectivity index (χ4n) is 3.35. The molecule has 9 heteroatoms. The zero-order chi connectivity index (χ0) is 21.8. The zero-order valence-electron chi connectivity index (χ0n) is 17.3. The molecule has 2 heterocycles. The smallest absolute Gasteiger partial charge is 0.311 e. The van der Waals surface area contributed by atoms with Gasteiger partial charge in [-0.1, -0.05) is 6.07 Å². The molecule has 1 aromatic carbocycles. The summed E-state index contributed by atoms with van der Waals surface area (Å²) in [7, 11) is 1.54. The van der Waals surface area contributed by atoms with E-state index in [1.54, 1.807) is 26.2 Å². The van der Waals surface area contributed by atoms with Crippen LogP contribution in [0.3, 0.4) is 0 Å². The van der Waals surface area contributed by atoms with Crippen LogP contribution in [0.1, 0.15) is 43.5 Å². The molecule has 1 aromatic heterocycles. The Morgan fingerprint density at radius 2 is 2.17 bits per heavy atom. The zero-order valence-corrected chi connectivity index (χ0v) is 17.3. The SMILES string of the molecule is CCOC(=O)Cc1[nH]nc2c1C(c1ccc(OC(C)C)c(OC)c1)C(C#N)=C(N)O2. The van der Waals surface area contributed by atoms with E-state index in [1.807, 2.05) is 19.9 Å². The van der Waals surface area contributed by atoms with E-state index in [0.29, 0.717) is 22.8 Å². The van der Waals surface area contributed by atoms with Gasteiger partial charge in [0.2, 0.25) is 11.8 Å². The first kappa shape index (κ1) is 21.0. The van der Waals surface area contributed by atoms with Crippen LogP contribution in [-0.2, 0) is 16.0 Å². The summed E-state index contributed by atoms with van der Waals surface area (Å²) in [6, 6.07) is 7.51. The number of hydrogen-bond acceptors (Lipinski definition) is 8. The number of aromatic nitrogens is 2. The van der Waals surface area contributed by atoms with Gasteiger partial charge in [-0.05, 0) is 38.5 Å². The highest BCUT2D eigenvalue weighted by atomic mass is 16.5. The lowest BCUT2D eigenvalue weighted by Crippen LogP contribution is -2.22. The molecule has 0 fully saturated rings. The first-order valence-electron chi connectivity index (χ1n) is 9.54. The highest BCUT2D eigenvalue weighted by molar-refractivity contribution is 5.73. The Labute approximate surface area is 174 Å². The first-order chi connectivity index (χ1) is 14.4. The maximum absolute atomic E-state index is 12.1. The van der Waals surface area contributed by atoms with Crippen molar-refractivity contribution in [3.63, 3.8) is 0 Å². The Kier molecular flexibility index (Phi) is 6.16. The topological polar surface area (TPSA) is 132 Å². The molecule has 0 saturated carbocycles. The van der Waals surface area contributed by atoms with Crippen LogP contribution in [0.4, 0.5) is 0 Å². The molecule has 0 bridgehead atoms. The number of hydrogen-bond donors (Lipinski definition) is 2. The predicted molar refractivity (Wildman–Crippen MR) is 107 cm³/mol. The summed E-state index contributed by atoms with van der Waals surface area (Å²) < 4.78 is 21.8. The summed E-state index contributed by atoms with van der Waals surface area (Å²) in [5.74, 6) is 0.271. The summed E-state index contributed by atoms with van der Waals surface area (Å²) in [5, 5.41) is 16.7. The maximum atomic E-state index is 12.1. The van der Waals surface area contributed by atoms with Gasteiger partial charge < -0.3 is 24.7 Å². The Balaban J connectivity index is 2.11. The van der Waals surface area contributed by atoms with Gasteiger partial charge in [0.15, 0.2) is 11.5 Å². The van der Waals surface area contributed by atoms with Crippen molar-refractivity contribution in [2.75, 3.05) is 13.7 Å². The number of methoxy groups -OCH3 is 1. The molecule has 0 aliphatic carbocycles. The fraction of sp³-hybridized carbons (Fsp3) is 0.381. The molecule has 1 unspecified atom stereocenters. The lowest BCUT2D eigenvalue weighted by Gasteiger charge is -2.25. The maximum Gasteiger partial charge on any atom is 0.311 e. The third-order valence-electron chi connectivity index (χ3n) is 4.53. The molecule has 3 rings (SSSR count). The van der Waals surface area contributed by atoms with E-state index in [1.165, 1.54) is 0 Å². The van der Waals surface area contributed by atoms with Crippen molar-refractivity contribution < 1.29 is 23.7 Å². The fourth-order valence-corrected chi connectivity index (χ4v) is 3.35. The van der Waals surface area contributed by atoms with Crippen LogP contribution in [0.15, 0.2) is 29.7 Å². The third kappa shape index (κ3) is 4.03. The first-order valence-corrected chi connectivity index (χ1v) is 9.54. The third-order valence-corrected chi connectivity index (χ3v) is 4.53. The van der Waals surface area contributed by atoms with Crippen LogP contribution in [0.2, 0.25) is 0 Å². The minimum absolute atomic E-state index is 0.0327. The number of nitrogens with one attached hydrogen (secondary N) is 1. The number of nitrogens with zero attached hydrogens (tertiary/aromatic N) is 2. The molecular formula is C21H24N4O5. The van der Waals surface area contributed by atoms with Crippen LogP contribution in [0.5, 0.6) is 17.4 Å². The number of benzene rings is 1. The minimum atomic E-state index is -0.594. The molecule has 0 amide bonds. The quantitative estimate of drug-likeness (QED) is 0.663. The molecule has 1 aliphatic rings. The number of aromatic amines is 1. The Morgan fingerprint density at radius 3 is 2.80 bits per heavy atom. The van der Waals surface area contributed by atoms with Crippen LogP contribution >= 0.6 is 0 Å². The van der Waals surface area contributed by atoms with Crippen LogP contribution < -0.4 is 19.9 Å². The second-order valence-corrected chi connectivity index (χ2v) is 6.90. The second-order valence-electron chi connectivity index (χ2n) is 6.90. The van der Waals surface area contributed by atoms with E-state index < -0.39 is 11.9 Å². The van der Waals surface area contributed by atoms with Crippen molar-refractivity contribution in [3.8, 4) is 23.4 Å². The Morgan fingerprint density at radius 1 is 1.40 bits per heavy atom. The van der Waals surface area contributed by atoms with E-state index in [-0.39, 0.29) is 36.5 Å². The van der Waals surface area contributed by atoms with E-state index in [4.69, 9.17) is 24.7 Å². The normalized spacial score (nSPS) is 15.3. The Hall–Kier alpha value is -3.67. The van der Waals surface area contributed by atoms with Gasteiger partial charge in [-0.15, -0.1) is 5.10 Å². The molecule has 0 spiro atoms. The summed E-state index contributed by atoms with van der Waals surface area (Å²) in [5.41, 5.74) is 7.99. The number of esters is 1. The molecule has 2 aromatic rings. The average Bonchev–Trinajstić information content (AvgIpc) is 3.08. The van der Waals surface area contributed by atoms with Crippen LogP contribution in [0.25, 0.3) is 0 Å². The van der Waals surface area contributed by atoms with Crippen molar-refractivity contribution in [1.29, 1.82) is 5.26 Å². The van der Waals surface area contributed by atoms with Gasteiger partial charge >= 0.3 is 5.97 Å². The Bertz CT molecular complexity index is 1020. The van der Waals surface area contributed by atoms with Crippen LogP contribution in [-0.4, -0.2) is 36.0 Å². The summed E-state index contributed by atoms with van der Waals surface area (Å²) in [6.45, 7) is 5.83. The number of H-pyrrole nitrogens is 1. The monoisotopic (exact) mass is 412 g/mol. The molecule has 30 heavy (non-hydrogen) atoms. The van der Waals surface area contributed by atoms with Gasteiger partial charge in [-0.2, -0.15) is 5.26 Å². The summed E-state index contributed by atoms with van der Waals surface area (Å²) >= 11 is 0. The molecule has 158 valence electrons. The predicted octanol–water partition coefficient (Wildman–Crippen LogP) is 2.53. The minimum Gasteiger partial charge on any atom is -0.493 e. The highest BCUT2D eigenvalue weighted by Gasteiger charge is 2.36. The van der Waals surface area contributed by atoms with E-state index in [0.717, 1.165) is 5.56 Å². The van der Waals surface area contributed by atoms with Crippen molar-refractivity contribution in [2.24, 2.45) is 5.73 Å². The number of rotatable bonds is 7. The van der Waals surface area contributed by atoms with Crippen LogP contribution in [0, 0.1) is 11.3 Å². The average molecular weight is 412 g/mol. The molecule has 9 nitrogen and oxygen atoms in total. The van der Waals surface area contributed by atoms with Gasteiger partial charge in [-0.25, -0.2) is 0 Å². The van der Waals surface area contributed by atoms with E-state index >= 15 is 0 Å². The lowest BCUT2D eigenvalue weighted by molar-refractivity contribution is -0.142. The number of nitrogens with two attached hydrogens (primary N) is 1. The number of allylic oxidation sites excluding steroid dienone is 1. The number of ether oxygens (including phenoxy) is 4. The highest BCUT2D eigenvalue weighted by Crippen LogP contribution is 2.44. The van der Waals surface area contributed by atoms with Gasteiger partial charge in [0.25, 0.3) is 0 Å². The van der Waals surface area contributed by atoms with E-state index in [9.17, 15) is 10.1 Å². The molecule has 0 saturated heterocycles.